The molecule has 0 bridgehead atoms. The Bertz CT molecular complexity index is 301. The molecule has 0 radical (unpaired) electrons. The molecule has 0 N–H and O–H groups in total. The molecule has 0 amide bonds. The highest BCUT2D eigenvalue weighted by Crippen LogP contribution is 1.97. The SMILES string of the molecule is CCCS(=O)(=O)n1ccnc1. The molecule has 4 nitrogen and oxygen atoms in total. The van der Waals surface area contributed by atoms with Crippen molar-refractivity contribution in [1.29, 1.82) is 0 Å². The summed E-state index contributed by atoms with van der Waals surface area (Å²) >= 11 is 0. The second-order valence-corrected chi connectivity index (χ2v) is 4.20. The fraction of sp³-hybridized carbons (Fsp3) is 0.500. The average molecular weight is 174 g/mol. The second-order valence-electron chi connectivity index (χ2n) is 2.21. The standard InChI is InChI=1S/C6H10N2O2S/c1-2-5-11(9,10)8-4-3-7-6-8/h3-4,6H,2,5H2,1H3. The van der Waals surface area contributed by atoms with Gasteiger partial charge in [-0.15, -0.1) is 0 Å². The fourth-order valence-corrected chi connectivity index (χ4v) is 1.94. The highest BCUT2D eigenvalue weighted by molar-refractivity contribution is 7.89. The van der Waals surface area contributed by atoms with Gasteiger partial charge in [0.15, 0.2) is 0 Å². The first-order chi connectivity index (χ1) is 5.17. The summed E-state index contributed by atoms with van der Waals surface area (Å²) in [5.74, 6) is 0.170. The minimum absolute atomic E-state index is 0.170. The maximum atomic E-state index is 11.2. The van der Waals surface area contributed by atoms with Crippen LogP contribution < -0.4 is 0 Å². The molecule has 5 heteroatoms. The molecule has 0 aliphatic heterocycles. The molecule has 0 aliphatic carbocycles. The normalized spacial score (nSPS) is 11.7. The van der Waals surface area contributed by atoms with Crippen LogP contribution >= 0.6 is 0 Å². The zero-order valence-electron chi connectivity index (χ0n) is 6.27. The molecule has 1 aromatic rings. The molecule has 62 valence electrons. The molecule has 0 saturated heterocycles. The summed E-state index contributed by atoms with van der Waals surface area (Å²) in [5.41, 5.74) is 0. The maximum Gasteiger partial charge on any atom is 0.239 e. The Kier molecular flexibility index (Phi) is 2.28. The maximum absolute atomic E-state index is 11.2. The first-order valence-corrected chi connectivity index (χ1v) is 4.99. The van der Waals surface area contributed by atoms with Crippen LogP contribution in [-0.4, -0.2) is 23.1 Å². The van der Waals surface area contributed by atoms with Gasteiger partial charge in [-0.05, 0) is 6.42 Å². The van der Waals surface area contributed by atoms with Gasteiger partial charge >= 0.3 is 0 Å². The summed E-state index contributed by atoms with van der Waals surface area (Å²) in [4.78, 5) is 3.65. The molecule has 1 rings (SSSR count). The van der Waals surface area contributed by atoms with E-state index in [1.165, 1.54) is 18.7 Å². The van der Waals surface area contributed by atoms with Crippen LogP contribution in [0.3, 0.4) is 0 Å². The predicted octanol–water partition coefficient (Wildman–Crippen LogP) is 0.471. The van der Waals surface area contributed by atoms with Crippen molar-refractivity contribution < 1.29 is 8.42 Å². The van der Waals surface area contributed by atoms with Crippen LogP contribution in [-0.2, 0) is 10.0 Å². The summed E-state index contributed by atoms with van der Waals surface area (Å²) in [5, 5.41) is 0. The number of rotatable bonds is 3. The Morgan fingerprint density at radius 2 is 2.27 bits per heavy atom. The van der Waals surface area contributed by atoms with Gasteiger partial charge in [-0.2, -0.15) is 0 Å². The van der Waals surface area contributed by atoms with Crippen molar-refractivity contribution in [2.75, 3.05) is 5.75 Å². The van der Waals surface area contributed by atoms with Gasteiger partial charge in [0.05, 0.1) is 5.75 Å². The van der Waals surface area contributed by atoms with Gasteiger partial charge in [0.1, 0.15) is 6.33 Å². The molecule has 0 fully saturated rings. The van der Waals surface area contributed by atoms with Crippen LogP contribution in [0.4, 0.5) is 0 Å². The molecule has 0 atom stereocenters. The zero-order valence-corrected chi connectivity index (χ0v) is 7.08. The predicted molar refractivity (Wildman–Crippen MR) is 41.7 cm³/mol. The molecular weight excluding hydrogens is 164 g/mol. The van der Waals surface area contributed by atoms with E-state index in [4.69, 9.17) is 0 Å². The molecule has 0 aliphatic rings. The summed E-state index contributed by atoms with van der Waals surface area (Å²) in [6.07, 6.45) is 4.81. The average Bonchev–Trinajstić information content (AvgIpc) is 2.37. The van der Waals surface area contributed by atoms with Crippen molar-refractivity contribution in [2.24, 2.45) is 0 Å². The molecule has 1 heterocycles. The van der Waals surface area contributed by atoms with Crippen LogP contribution in [0, 0.1) is 0 Å². The molecule has 1 aromatic heterocycles. The lowest BCUT2D eigenvalue weighted by Gasteiger charge is -2.00. The van der Waals surface area contributed by atoms with E-state index in [-0.39, 0.29) is 5.75 Å². The highest BCUT2D eigenvalue weighted by Gasteiger charge is 2.09. The number of hydrogen-bond donors (Lipinski definition) is 0. The number of imidazole rings is 1. The molecular formula is C6H10N2O2S. The van der Waals surface area contributed by atoms with Gasteiger partial charge in [-0.1, -0.05) is 6.92 Å². The number of hydrogen-bond acceptors (Lipinski definition) is 3. The van der Waals surface area contributed by atoms with Crippen LogP contribution in [0.25, 0.3) is 0 Å². The Morgan fingerprint density at radius 1 is 1.55 bits per heavy atom. The quantitative estimate of drug-likeness (QED) is 0.669. The van der Waals surface area contributed by atoms with E-state index in [0.717, 1.165) is 3.97 Å². The van der Waals surface area contributed by atoms with Crippen molar-refractivity contribution >= 4 is 10.0 Å². The topological polar surface area (TPSA) is 52.0 Å². The van der Waals surface area contributed by atoms with Crippen molar-refractivity contribution in [3.63, 3.8) is 0 Å². The summed E-state index contributed by atoms with van der Waals surface area (Å²) in [7, 11) is -3.11. The Balaban J connectivity index is 2.92. The van der Waals surface area contributed by atoms with E-state index >= 15 is 0 Å². The highest BCUT2D eigenvalue weighted by atomic mass is 32.2. The van der Waals surface area contributed by atoms with Gasteiger partial charge in [0.25, 0.3) is 0 Å². The van der Waals surface area contributed by atoms with E-state index in [1.807, 2.05) is 6.92 Å². The lowest BCUT2D eigenvalue weighted by molar-refractivity contribution is 0.586. The molecule has 0 spiro atoms. The van der Waals surface area contributed by atoms with Gasteiger partial charge in [0, 0.05) is 12.4 Å². The van der Waals surface area contributed by atoms with Crippen LogP contribution in [0.1, 0.15) is 13.3 Å². The van der Waals surface area contributed by atoms with Crippen LogP contribution in [0.2, 0.25) is 0 Å². The smallest absolute Gasteiger partial charge is 0.239 e. The summed E-state index contributed by atoms with van der Waals surface area (Å²) in [6, 6.07) is 0. The Hall–Kier alpha value is -0.840. The Labute approximate surface area is 65.9 Å². The molecule has 0 unspecified atom stereocenters. The molecule has 11 heavy (non-hydrogen) atoms. The van der Waals surface area contributed by atoms with Gasteiger partial charge in [-0.25, -0.2) is 17.4 Å². The number of nitrogens with zero attached hydrogens (tertiary/aromatic N) is 2. The van der Waals surface area contributed by atoms with Gasteiger partial charge < -0.3 is 0 Å². The number of aromatic nitrogens is 2. The molecule has 0 aromatic carbocycles. The van der Waals surface area contributed by atoms with E-state index in [2.05, 4.69) is 4.98 Å². The minimum Gasteiger partial charge on any atom is -0.244 e. The monoisotopic (exact) mass is 174 g/mol. The van der Waals surface area contributed by atoms with E-state index in [9.17, 15) is 8.42 Å². The van der Waals surface area contributed by atoms with E-state index in [1.54, 1.807) is 0 Å². The van der Waals surface area contributed by atoms with Crippen LogP contribution in [0.15, 0.2) is 18.7 Å². The minimum atomic E-state index is -3.11. The second kappa shape index (κ2) is 3.04. The van der Waals surface area contributed by atoms with Gasteiger partial charge in [0.2, 0.25) is 10.0 Å². The Morgan fingerprint density at radius 3 is 2.73 bits per heavy atom. The third-order valence-corrected chi connectivity index (χ3v) is 3.05. The van der Waals surface area contributed by atoms with Crippen LogP contribution in [0.5, 0.6) is 0 Å². The summed E-state index contributed by atoms with van der Waals surface area (Å²) in [6.45, 7) is 1.83. The fourth-order valence-electron chi connectivity index (χ4n) is 0.775. The lowest BCUT2D eigenvalue weighted by Crippen LogP contribution is -2.13. The third kappa shape index (κ3) is 1.80. The lowest BCUT2D eigenvalue weighted by atomic mass is 10.6. The zero-order chi connectivity index (χ0) is 8.32. The van der Waals surface area contributed by atoms with Crippen molar-refractivity contribution in [2.45, 2.75) is 13.3 Å². The van der Waals surface area contributed by atoms with E-state index in [0.29, 0.717) is 6.42 Å². The van der Waals surface area contributed by atoms with E-state index < -0.39 is 10.0 Å². The first kappa shape index (κ1) is 8.26. The summed E-state index contributed by atoms with van der Waals surface area (Å²) < 4.78 is 23.6. The third-order valence-electron chi connectivity index (χ3n) is 1.26. The largest absolute Gasteiger partial charge is 0.244 e. The first-order valence-electron chi connectivity index (χ1n) is 3.38. The van der Waals surface area contributed by atoms with Gasteiger partial charge in [-0.3, -0.25) is 0 Å². The van der Waals surface area contributed by atoms with Crippen molar-refractivity contribution in [3.8, 4) is 0 Å². The van der Waals surface area contributed by atoms with Crippen molar-refractivity contribution in [1.82, 2.24) is 8.96 Å². The molecule has 0 saturated carbocycles. The van der Waals surface area contributed by atoms with Crippen molar-refractivity contribution in [3.05, 3.63) is 18.7 Å².